The van der Waals surface area contributed by atoms with Crippen LogP contribution >= 0.6 is 11.6 Å². The lowest BCUT2D eigenvalue weighted by Crippen LogP contribution is -2.44. The molecule has 0 radical (unpaired) electrons. The van der Waals surface area contributed by atoms with Crippen molar-refractivity contribution in [3.8, 4) is 0 Å². The summed E-state index contributed by atoms with van der Waals surface area (Å²) in [6, 6.07) is 1.81. The molecule has 2 N–H and O–H groups in total. The molecule has 1 aromatic heterocycles. The molecule has 1 atom stereocenters. The van der Waals surface area contributed by atoms with Crippen molar-refractivity contribution < 1.29 is 19.4 Å². The molecule has 1 amide bonds. The van der Waals surface area contributed by atoms with E-state index in [1.54, 1.807) is 0 Å². The van der Waals surface area contributed by atoms with Gasteiger partial charge in [-0.25, -0.2) is 9.78 Å². The predicted molar refractivity (Wildman–Crippen MR) is 59.6 cm³/mol. The standard InChI is InChI=1S/C10H11ClN2O4/c1-17-10(16)7(5-14)13-9(15)6-2-3-8(11)12-4-6/h2-4,7,14H,5H2,1H3,(H,13,15)/t7-/m1/s1. The van der Waals surface area contributed by atoms with Gasteiger partial charge in [0.2, 0.25) is 0 Å². The number of pyridine rings is 1. The maximum atomic E-state index is 11.6. The minimum absolute atomic E-state index is 0.233. The molecule has 0 aromatic carbocycles. The Bertz CT molecular complexity index is 407. The largest absolute Gasteiger partial charge is 0.467 e. The van der Waals surface area contributed by atoms with Gasteiger partial charge in [-0.3, -0.25) is 4.79 Å². The van der Waals surface area contributed by atoms with Crippen LogP contribution in [0.15, 0.2) is 18.3 Å². The third-order valence-electron chi connectivity index (χ3n) is 1.96. The first kappa shape index (κ1) is 13.4. The van der Waals surface area contributed by atoms with Crippen molar-refractivity contribution in [2.24, 2.45) is 0 Å². The van der Waals surface area contributed by atoms with E-state index in [4.69, 9.17) is 16.7 Å². The van der Waals surface area contributed by atoms with Gasteiger partial charge >= 0.3 is 5.97 Å². The normalized spacial score (nSPS) is 11.7. The summed E-state index contributed by atoms with van der Waals surface area (Å²) >= 11 is 5.57. The van der Waals surface area contributed by atoms with Gasteiger partial charge in [-0.15, -0.1) is 0 Å². The predicted octanol–water partition coefficient (Wildman–Crippen LogP) is -0.00130. The first-order valence-electron chi connectivity index (χ1n) is 4.69. The van der Waals surface area contributed by atoms with Crippen LogP contribution in [-0.4, -0.2) is 41.7 Å². The van der Waals surface area contributed by atoms with Crippen molar-refractivity contribution in [2.45, 2.75) is 6.04 Å². The molecule has 0 unspecified atom stereocenters. The van der Waals surface area contributed by atoms with E-state index in [1.165, 1.54) is 25.4 Å². The number of carbonyl (C=O) groups is 2. The van der Waals surface area contributed by atoms with E-state index in [0.29, 0.717) is 0 Å². The number of hydrogen-bond acceptors (Lipinski definition) is 5. The molecular weight excluding hydrogens is 248 g/mol. The highest BCUT2D eigenvalue weighted by Gasteiger charge is 2.21. The Hall–Kier alpha value is -1.66. The van der Waals surface area contributed by atoms with Crippen molar-refractivity contribution in [2.75, 3.05) is 13.7 Å². The number of ether oxygens (including phenoxy) is 1. The Morgan fingerprint density at radius 1 is 1.59 bits per heavy atom. The van der Waals surface area contributed by atoms with Crippen LogP contribution in [0, 0.1) is 0 Å². The summed E-state index contributed by atoms with van der Waals surface area (Å²) in [7, 11) is 1.17. The number of carbonyl (C=O) groups excluding carboxylic acids is 2. The van der Waals surface area contributed by atoms with Crippen LogP contribution in [0.5, 0.6) is 0 Å². The molecule has 1 heterocycles. The minimum Gasteiger partial charge on any atom is -0.467 e. The molecule has 6 nitrogen and oxygen atoms in total. The van der Waals surface area contributed by atoms with Crippen LogP contribution < -0.4 is 5.32 Å². The Morgan fingerprint density at radius 2 is 2.29 bits per heavy atom. The average Bonchev–Trinajstić information content (AvgIpc) is 2.35. The van der Waals surface area contributed by atoms with Crippen molar-refractivity contribution in [3.05, 3.63) is 29.0 Å². The lowest BCUT2D eigenvalue weighted by molar-refractivity contribution is -0.143. The SMILES string of the molecule is COC(=O)[C@@H](CO)NC(=O)c1ccc(Cl)nc1. The highest BCUT2D eigenvalue weighted by atomic mass is 35.5. The fourth-order valence-electron chi connectivity index (χ4n) is 1.07. The second kappa shape index (κ2) is 6.17. The maximum absolute atomic E-state index is 11.6. The van der Waals surface area contributed by atoms with Crippen LogP contribution in [0.25, 0.3) is 0 Å². The van der Waals surface area contributed by atoms with Gasteiger partial charge in [0, 0.05) is 6.20 Å². The van der Waals surface area contributed by atoms with E-state index >= 15 is 0 Å². The summed E-state index contributed by atoms with van der Waals surface area (Å²) in [5.74, 6) is -1.26. The fourth-order valence-corrected chi connectivity index (χ4v) is 1.18. The summed E-state index contributed by atoms with van der Waals surface area (Å²) in [5.41, 5.74) is 0.233. The molecular formula is C10H11ClN2O4. The number of nitrogens with zero attached hydrogens (tertiary/aromatic N) is 1. The summed E-state index contributed by atoms with van der Waals surface area (Å²) in [6.07, 6.45) is 1.27. The van der Waals surface area contributed by atoms with Crippen LogP contribution in [0.4, 0.5) is 0 Å². The van der Waals surface area contributed by atoms with Crippen LogP contribution in [0.1, 0.15) is 10.4 Å². The Morgan fingerprint density at radius 3 is 2.76 bits per heavy atom. The Balaban J connectivity index is 2.71. The number of nitrogens with one attached hydrogen (secondary N) is 1. The maximum Gasteiger partial charge on any atom is 0.330 e. The van der Waals surface area contributed by atoms with Gasteiger partial charge in [-0.05, 0) is 12.1 Å². The monoisotopic (exact) mass is 258 g/mol. The highest BCUT2D eigenvalue weighted by Crippen LogP contribution is 2.05. The number of hydrogen-bond donors (Lipinski definition) is 2. The van der Waals surface area contributed by atoms with E-state index in [9.17, 15) is 9.59 Å². The number of esters is 1. The molecule has 17 heavy (non-hydrogen) atoms. The van der Waals surface area contributed by atoms with Gasteiger partial charge in [0.25, 0.3) is 5.91 Å². The number of aliphatic hydroxyl groups excluding tert-OH is 1. The lowest BCUT2D eigenvalue weighted by atomic mass is 10.2. The number of halogens is 1. The molecule has 0 aliphatic heterocycles. The zero-order chi connectivity index (χ0) is 12.8. The fraction of sp³-hybridized carbons (Fsp3) is 0.300. The van der Waals surface area contributed by atoms with Gasteiger partial charge in [-0.1, -0.05) is 11.6 Å². The topological polar surface area (TPSA) is 88.5 Å². The van der Waals surface area contributed by atoms with Gasteiger partial charge in [-0.2, -0.15) is 0 Å². The summed E-state index contributed by atoms with van der Waals surface area (Å²) in [6.45, 7) is -0.542. The summed E-state index contributed by atoms with van der Waals surface area (Å²) in [4.78, 5) is 26.5. The molecule has 0 aliphatic carbocycles. The number of rotatable bonds is 4. The molecule has 7 heteroatoms. The van der Waals surface area contributed by atoms with Crippen molar-refractivity contribution in [1.29, 1.82) is 0 Å². The van der Waals surface area contributed by atoms with Gasteiger partial charge < -0.3 is 15.2 Å². The van der Waals surface area contributed by atoms with Gasteiger partial charge in [0.05, 0.1) is 19.3 Å². The van der Waals surface area contributed by atoms with Crippen molar-refractivity contribution in [1.82, 2.24) is 10.3 Å². The zero-order valence-electron chi connectivity index (χ0n) is 9.01. The minimum atomic E-state index is -1.09. The zero-order valence-corrected chi connectivity index (χ0v) is 9.77. The van der Waals surface area contributed by atoms with Crippen molar-refractivity contribution in [3.63, 3.8) is 0 Å². The molecule has 1 aromatic rings. The molecule has 0 bridgehead atoms. The quantitative estimate of drug-likeness (QED) is 0.586. The number of aromatic nitrogens is 1. The second-order valence-electron chi connectivity index (χ2n) is 3.10. The van der Waals surface area contributed by atoms with Crippen LogP contribution in [0.3, 0.4) is 0 Å². The smallest absolute Gasteiger partial charge is 0.330 e. The van der Waals surface area contributed by atoms with E-state index in [0.717, 1.165) is 0 Å². The third-order valence-corrected chi connectivity index (χ3v) is 2.19. The van der Waals surface area contributed by atoms with E-state index in [2.05, 4.69) is 15.0 Å². The second-order valence-corrected chi connectivity index (χ2v) is 3.49. The van der Waals surface area contributed by atoms with E-state index in [-0.39, 0.29) is 10.7 Å². The molecule has 1 rings (SSSR count). The summed E-state index contributed by atoms with van der Waals surface area (Å²) in [5, 5.41) is 11.5. The Kier molecular flexibility index (Phi) is 4.86. The molecule has 0 saturated carbocycles. The number of aliphatic hydroxyl groups is 1. The highest BCUT2D eigenvalue weighted by molar-refractivity contribution is 6.29. The molecule has 92 valence electrons. The first-order chi connectivity index (χ1) is 8.08. The average molecular weight is 259 g/mol. The van der Waals surface area contributed by atoms with E-state index < -0.39 is 24.5 Å². The Labute approximate surface area is 103 Å². The van der Waals surface area contributed by atoms with E-state index in [1.807, 2.05) is 0 Å². The van der Waals surface area contributed by atoms with Gasteiger partial charge in [0.1, 0.15) is 5.15 Å². The molecule has 0 aliphatic rings. The molecule has 0 saturated heterocycles. The lowest BCUT2D eigenvalue weighted by Gasteiger charge is -2.13. The van der Waals surface area contributed by atoms with Crippen molar-refractivity contribution >= 4 is 23.5 Å². The molecule has 0 spiro atoms. The van der Waals surface area contributed by atoms with Gasteiger partial charge in [0.15, 0.2) is 6.04 Å². The third kappa shape index (κ3) is 3.69. The van der Waals surface area contributed by atoms with Crippen LogP contribution in [0.2, 0.25) is 5.15 Å². The number of methoxy groups -OCH3 is 1. The van der Waals surface area contributed by atoms with Crippen LogP contribution in [-0.2, 0) is 9.53 Å². The molecule has 0 fully saturated rings. The summed E-state index contributed by atoms with van der Waals surface area (Å²) < 4.78 is 4.41. The first-order valence-corrected chi connectivity index (χ1v) is 5.07. The number of amides is 1.